The van der Waals surface area contributed by atoms with E-state index in [4.69, 9.17) is 4.74 Å². The number of esters is 1. The number of carbonyl (C=O) groups is 2. The number of nitrogens with one attached hydrogen (secondary N) is 1. The molecule has 0 radical (unpaired) electrons. The third-order valence-corrected chi connectivity index (χ3v) is 3.20. The van der Waals surface area contributed by atoms with E-state index in [1.54, 1.807) is 0 Å². The Labute approximate surface area is 120 Å². The van der Waals surface area contributed by atoms with E-state index in [0.29, 0.717) is 12.8 Å². The first-order chi connectivity index (χ1) is 9.43. The molecule has 1 aromatic carbocycles. The number of aryl methyl sites for hydroxylation is 2. The summed E-state index contributed by atoms with van der Waals surface area (Å²) in [5.74, 6) is -0.524. The van der Waals surface area contributed by atoms with Crippen LogP contribution in [0.2, 0.25) is 0 Å². The molecule has 0 saturated heterocycles. The molecule has 4 heteroatoms. The van der Waals surface area contributed by atoms with Gasteiger partial charge in [-0.3, -0.25) is 4.79 Å². The van der Waals surface area contributed by atoms with Gasteiger partial charge in [-0.1, -0.05) is 43.7 Å². The molecule has 4 nitrogen and oxygen atoms in total. The first kappa shape index (κ1) is 16.2. The number of carbonyl (C=O) groups excluding carboxylic acids is 2. The molecule has 0 fully saturated rings. The van der Waals surface area contributed by atoms with Crippen molar-refractivity contribution >= 4 is 11.9 Å². The number of rotatable bonds is 6. The van der Waals surface area contributed by atoms with Crippen molar-refractivity contribution in [1.82, 2.24) is 5.32 Å². The second-order valence-corrected chi connectivity index (χ2v) is 5.30. The highest BCUT2D eigenvalue weighted by molar-refractivity contribution is 5.84. The van der Waals surface area contributed by atoms with Crippen LogP contribution >= 0.6 is 0 Å². The lowest BCUT2D eigenvalue weighted by atomic mass is 10.0. The summed E-state index contributed by atoms with van der Waals surface area (Å²) in [5.41, 5.74) is 2.31. The average Bonchev–Trinajstić information content (AvgIpc) is 2.43. The fourth-order valence-corrected chi connectivity index (χ4v) is 1.88. The zero-order valence-electron chi connectivity index (χ0n) is 12.6. The molecule has 0 aliphatic carbocycles. The molecule has 1 atom stereocenters. The van der Waals surface area contributed by atoms with Gasteiger partial charge in [0.1, 0.15) is 6.04 Å². The number of amides is 1. The van der Waals surface area contributed by atoms with Gasteiger partial charge >= 0.3 is 5.97 Å². The summed E-state index contributed by atoms with van der Waals surface area (Å²) in [4.78, 5) is 23.5. The smallest absolute Gasteiger partial charge is 0.328 e. The monoisotopic (exact) mass is 277 g/mol. The van der Waals surface area contributed by atoms with Crippen molar-refractivity contribution in [1.29, 1.82) is 0 Å². The predicted molar refractivity (Wildman–Crippen MR) is 78.3 cm³/mol. The number of hydrogen-bond acceptors (Lipinski definition) is 3. The Hall–Kier alpha value is -1.84. The largest absolute Gasteiger partial charge is 0.467 e. The maximum Gasteiger partial charge on any atom is 0.328 e. The fourth-order valence-electron chi connectivity index (χ4n) is 1.88. The summed E-state index contributed by atoms with van der Waals surface area (Å²) in [6.07, 6.45) is 1.03. The Morgan fingerprint density at radius 2 is 1.80 bits per heavy atom. The van der Waals surface area contributed by atoms with Crippen LogP contribution in [0, 0.1) is 12.8 Å². The standard InChI is InChI=1S/C16H23NO3/c1-11(2)15(16(19)20-4)17-14(18)10-9-13-7-5-12(3)6-8-13/h5-8,11,15H,9-10H2,1-4H3,(H,17,18). The van der Waals surface area contributed by atoms with Gasteiger partial charge in [0.25, 0.3) is 0 Å². The van der Waals surface area contributed by atoms with Crippen LogP contribution in [0.5, 0.6) is 0 Å². The normalized spacial score (nSPS) is 12.1. The molecule has 110 valence electrons. The highest BCUT2D eigenvalue weighted by Crippen LogP contribution is 2.07. The predicted octanol–water partition coefficient (Wildman–Crippen LogP) is 2.24. The summed E-state index contributed by atoms with van der Waals surface area (Å²) in [7, 11) is 1.33. The van der Waals surface area contributed by atoms with Gasteiger partial charge < -0.3 is 10.1 Å². The topological polar surface area (TPSA) is 55.4 Å². The van der Waals surface area contributed by atoms with Gasteiger partial charge in [0.05, 0.1) is 7.11 Å². The molecule has 1 amide bonds. The van der Waals surface area contributed by atoms with E-state index in [0.717, 1.165) is 5.56 Å². The molecule has 0 aliphatic rings. The van der Waals surface area contributed by atoms with Gasteiger partial charge in [-0.15, -0.1) is 0 Å². The molecular formula is C16H23NO3. The first-order valence-corrected chi connectivity index (χ1v) is 6.86. The van der Waals surface area contributed by atoms with Crippen molar-refractivity contribution in [3.8, 4) is 0 Å². The minimum Gasteiger partial charge on any atom is -0.467 e. The van der Waals surface area contributed by atoms with E-state index in [9.17, 15) is 9.59 Å². The highest BCUT2D eigenvalue weighted by Gasteiger charge is 2.24. The highest BCUT2D eigenvalue weighted by atomic mass is 16.5. The summed E-state index contributed by atoms with van der Waals surface area (Å²) >= 11 is 0. The van der Waals surface area contributed by atoms with Gasteiger partial charge in [-0.05, 0) is 24.8 Å². The van der Waals surface area contributed by atoms with Crippen LogP contribution in [0.4, 0.5) is 0 Å². The second kappa shape index (κ2) is 7.68. The molecular weight excluding hydrogens is 254 g/mol. The van der Waals surface area contributed by atoms with Gasteiger partial charge in [0.15, 0.2) is 0 Å². The first-order valence-electron chi connectivity index (χ1n) is 6.86. The zero-order valence-corrected chi connectivity index (χ0v) is 12.6. The average molecular weight is 277 g/mol. The van der Waals surface area contributed by atoms with Crippen LogP contribution in [0.1, 0.15) is 31.4 Å². The summed E-state index contributed by atoms with van der Waals surface area (Å²) < 4.78 is 4.70. The van der Waals surface area contributed by atoms with Gasteiger partial charge in [-0.25, -0.2) is 4.79 Å². The van der Waals surface area contributed by atoms with Crippen LogP contribution in [0.25, 0.3) is 0 Å². The molecule has 0 heterocycles. The Balaban J connectivity index is 2.49. The Morgan fingerprint density at radius 1 is 1.20 bits per heavy atom. The number of hydrogen-bond donors (Lipinski definition) is 1. The fraction of sp³-hybridized carbons (Fsp3) is 0.500. The molecule has 0 aromatic heterocycles. The molecule has 0 spiro atoms. The van der Waals surface area contributed by atoms with Crippen LogP contribution in [0.3, 0.4) is 0 Å². The van der Waals surface area contributed by atoms with Crippen molar-refractivity contribution in [2.75, 3.05) is 7.11 Å². The molecule has 1 aromatic rings. The second-order valence-electron chi connectivity index (χ2n) is 5.30. The summed E-state index contributed by atoms with van der Waals surface area (Å²) in [6, 6.07) is 7.51. The molecule has 0 bridgehead atoms. The van der Waals surface area contributed by atoms with Gasteiger partial charge in [-0.2, -0.15) is 0 Å². The van der Waals surface area contributed by atoms with Crippen LogP contribution in [0.15, 0.2) is 24.3 Å². The lowest BCUT2D eigenvalue weighted by Gasteiger charge is -2.19. The maximum absolute atomic E-state index is 11.9. The molecule has 20 heavy (non-hydrogen) atoms. The third-order valence-electron chi connectivity index (χ3n) is 3.20. The Morgan fingerprint density at radius 3 is 2.30 bits per heavy atom. The van der Waals surface area contributed by atoms with E-state index < -0.39 is 12.0 Å². The third kappa shape index (κ3) is 5.03. The molecule has 0 saturated carbocycles. The lowest BCUT2D eigenvalue weighted by Crippen LogP contribution is -2.45. The van der Waals surface area contributed by atoms with E-state index in [-0.39, 0.29) is 11.8 Å². The van der Waals surface area contributed by atoms with Crippen molar-refractivity contribution in [3.63, 3.8) is 0 Å². The lowest BCUT2D eigenvalue weighted by molar-refractivity contribution is -0.146. The summed E-state index contributed by atoms with van der Waals surface area (Å²) in [5, 5.41) is 2.74. The molecule has 1 rings (SSSR count). The van der Waals surface area contributed by atoms with Crippen LogP contribution in [-0.4, -0.2) is 25.0 Å². The number of ether oxygens (including phenoxy) is 1. The quantitative estimate of drug-likeness (QED) is 0.811. The Bertz CT molecular complexity index is 451. The molecule has 1 N–H and O–H groups in total. The van der Waals surface area contributed by atoms with E-state index in [2.05, 4.69) is 5.32 Å². The van der Waals surface area contributed by atoms with Crippen molar-refractivity contribution < 1.29 is 14.3 Å². The molecule has 0 aliphatic heterocycles. The van der Waals surface area contributed by atoms with E-state index >= 15 is 0 Å². The van der Waals surface area contributed by atoms with Gasteiger partial charge in [0, 0.05) is 6.42 Å². The minimum atomic E-state index is -0.578. The SMILES string of the molecule is COC(=O)C(NC(=O)CCc1ccc(C)cc1)C(C)C. The van der Waals surface area contributed by atoms with Crippen molar-refractivity contribution in [3.05, 3.63) is 35.4 Å². The minimum absolute atomic E-state index is 0.00535. The number of benzene rings is 1. The van der Waals surface area contributed by atoms with Crippen LogP contribution < -0.4 is 5.32 Å². The van der Waals surface area contributed by atoms with E-state index in [1.807, 2.05) is 45.0 Å². The maximum atomic E-state index is 11.9. The Kier molecular flexibility index (Phi) is 6.22. The zero-order chi connectivity index (χ0) is 15.1. The van der Waals surface area contributed by atoms with Crippen LogP contribution in [-0.2, 0) is 20.7 Å². The molecule has 1 unspecified atom stereocenters. The van der Waals surface area contributed by atoms with E-state index in [1.165, 1.54) is 12.7 Å². The van der Waals surface area contributed by atoms with Gasteiger partial charge in [0.2, 0.25) is 5.91 Å². The number of methoxy groups -OCH3 is 1. The van der Waals surface area contributed by atoms with Crippen molar-refractivity contribution in [2.24, 2.45) is 5.92 Å². The summed E-state index contributed by atoms with van der Waals surface area (Å²) in [6.45, 7) is 5.78. The van der Waals surface area contributed by atoms with Crippen molar-refractivity contribution in [2.45, 2.75) is 39.7 Å².